The molecule has 1 unspecified atom stereocenters. The van der Waals surface area contributed by atoms with Gasteiger partial charge >= 0.3 is 17.9 Å². The van der Waals surface area contributed by atoms with E-state index in [0.29, 0.717) is 19.3 Å². The smallest absolute Gasteiger partial charge is 0.306 e. The lowest BCUT2D eigenvalue weighted by molar-refractivity contribution is -0.167. The van der Waals surface area contributed by atoms with Gasteiger partial charge in [0.15, 0.2) is 6.10 Å². The summed E-state index contributed by atoms with van der Waals surface area (Å²) in [5.41, 5.74) is 0. The van der Waals surface area contributed by atoms with Gasteiger partial charge in [0.1, 0.15) is 13.2 Å². The van der Waals surface area contributed by atoms with Crippen molar-refractivity contribution in [2.75, 3.05) is 13.2 Å². The second-order valence-electron chi connectivity index (χ2n) is 15.4. The minimum atomic E-state index is -0.803. The molecule has 0 rings (SSSR count). The van der Waals surface area contributed by atoms with Gasteiger partial charge in [-0.25, -0.2) is 0 Å². The van der Waals surface area contributed by atoms with E-state index < -0.39 is 6.10 Å². The first-order valence-electron chi connectivity index (χ1n) is 23.8. The van der Waals surface area contributed by atoms with Gasteiger partial charge in [-0.05, 0) is 70.6 Å². The Morgan fingerprint density at radius 3 is 1.25 bits per heavy atom. The Labute approximate surface area is 362 Å². The number of carbonyl (C=O) groups is 3. The molecule has 0 heterocycles. The Kier molecular flexibility index (Phi) is 44.1. The fraction of sp³-hybridized carbons (Fsp3) is 0.642. The summed E-state index contributed by atoms with van der Waals surface area (Å²) in [6, 6.07) is 0. The molecule has 6 heteroatoms. The van der Waals surface area contributed by atoms with Crippen LogP contribution >= 0.6 is 0 Å². The Morgan fingerprint density at radius 2 is 0.746 bits per heavy atom. The lowest BCUT2D eigenvalue weighted by atomic mass is 10.1. The highest BCUT2D eigenvalue weighted by atomic mass is 16.6. The van der Waals surface area contributed by atoms with Gasteiger partial charge in [0, 0.05) is 19.3 Å². The highest BCUT2D eigenvalue weighted by Gasteiger charge is 2.19. The monoisotopic (exact) mass is 819 g/mol. The van der Waals surface area contributed by atoms with Crippen molar-refractivity contribution in [3.8, 4) is 0 Å². The molecule has 0 aromatic rings. The summed E-state index contributed by atoms with van der Waals surface area (Å²) in [6.45, 7) is 6.30. The van der Waals surface area contributed by atoms with Crippen LogP contribution in [0.4, 0.5) is 0 Å². The minimum absolute atomic E-state index is 0.0994. The second kappa shape index (κ2) is 47.0. The van der Waals surface area contributed by atoms with Crippen LogP contribution in [-0.4, -0.2) is 37.2 Å². The predicted octanol–water partition coefficient (Wildman–Crippen LogP) is 15.4. The molecule has 0 aromatic carbocycles. The average molecular weight is 819 g/mol. The van der Waals surface area contributed by atoms with Crippen molar-refractivity contribution < 1.29 is 28.6 Å². The molecule has 0 aromatic heterocycles. The zero-order valence-corrected chi connectivity index (χ0v) is 38.0. The van der Waals surface area contributed by atoms with E-state index in [1.54, 1.807) is 0 Å². The minimum Gasteiger partial charge on any atom is -0.462 e. The molecule has 0 amide bonds. The SMILES string of the molecule is CC\C=C/C=C\C=C/C=C\C=C/CCCCCC(=O)OC(COC(=O)CCCCCCCC/C=C\C/C=C\C/C=C\CC)COC(=O)CCCCCCCCCCCC. The van der Waals surface area contributed by atoms with Gasteiger partial charge in [-0.15, -0.1) is 0 Å². The van der Waals surface area contributed by atoms with E-state index in [4.69, 9.17) is 14.2 Å². The quantitative estimate of drug-likeness (QED) is 0.0201. The molecule has 0 aliphatic heterocycles. The zero-order chi connectivity index (χ0) is 43.0. The maximum Gasteiger partial charge on any atom is 0.306 e. The third-order valence-electron chi connectivity index (χ3n) is 9.71. The number of rotatable bonds is 41. The molecule has 0 saturated heterocycles. The summed E-state index contributed by atoms with van der Waals surface area (Å²) < 4.78 is 16.7. The van der Waals surface area contributed by atoms with Crippen LogP contribution in [0.3, 0.4) is 0 Å². The number of allylic oxidation sites excluding steroid dienone is 16. The van der Waals surface area contributed by atoms with Gasteiger partial charge in [-0.3, -0.25) is 14.4 Å². The summed E-state index contributed by atoms with van der Waals surface area (Å²) in [7, 11) is 0. The maximum atomic E-state index is 12.7. The lowest BCUT2D eigenvalue weighted by Gasteiger charge is -2.18. The van der Waals surface area contributed by atoms with E-state index in [2.05, 4.69) is 69.4 Å². The lowest BCUT2D eigenvalue weighted by Crippen LogP contribution is -2.30. The molecule has 0 bridgehead atoms. The molecule has 0 saturated carbocycles. The fourth-order valence-electron chi connectivity index (χ4n) is 6.18. The molecule has 59 heavy (non-hydrogen) atoms. The standard InChI is InChI=1S/C53H86O6/c1-4-7-10-13-16-19-22-24-26-28-29-31-34-37-40-43-46-52(55)58-49-50(48-57-51(54)45-42-39-36-33-21-18-15-12-9-6-3)59-53(56)47-44-41-38-35-32-30-27-25-23-20-17-14-11-8-5-2/h7-8,10-11,14,16-17,19-20,23-27,30,32,50H,4-6,9,12-13,15,18,21-22,28-29,31,33-49H2,1-3H3/b10-7-,11-8-,17-14-,19-16-,23-20-,26-24-,27-25-,32-30-. The highest BCUT2D eigenvalue weighted by molar-refractivity contribution is 5.71. The largest absolute Gasteiger partial charge is 0.462 e. The number of unbranched alkanes of at least 4 members (excludes halogenated alkanes) is 18. The van der Waals surface area contributed by atoms with Crippen LogP contribution in [0.1, 0.15) is 201 Å². The van der Waals surface area contributed by atoms with Gasteiger partial charge in [0.05, 0.1) is 0 Å². The molecule has 0 aliphatic carbocycles. The first kappa shape index (κ1) is 55.3. The summed E-state index contributed by atoms with van der Waals surface area (Å²) in [5.74, 6) is -0.963. The summed E-state index contributed by atoms with van der Waals surface area (Å²) >= 11 is 0. The van der Waals surface area contributed by atoms with Crippen molar-refractivity contribution >= 4 is 17.9 Å². The number of esters is 3. The molecule has 0 spiro atoms. The van der Waals surface area contributed by atoms with E-state index in [9.17, 15) is 14.4 Å². The molecular weight excluding hydrogens is 733 g/mol. The number of hydrogen-bond acceptors (Lipinski definition) is 6. The Morgan fingerprint density at radius 1 is 0.373 bits per heavy atom. The van der Waals surface area contributed by atoms with Gasteiger partial charge in [0.25, 0.3) is 0 Å². The van der Waals surface area contributed by atoms with Crippen LogP contribution in [0.5, 0.6) is 0 Å². The summed E-state index contributed by atoms with van der Waals surface area (Å²) in [5, 5.41) is 0. The van der Waals surface area contributed by atoms with E-state index in [0.717, 1.165) is 96.3 Å². The maximum absolute atomic E-state index is 12.7. The topological polar surface area (TPSA) is 78.9 Å². The van der Waals surface area contributed by atoms with Crippen molar-refractivity contribution in [1.82, 2.24) is 0 Å². The average Bonchev–Trinajstić information content (AvgIpc) is 3.23. The van der Waals surface area contributed by atoms with Crippen molar-refractivity contribution in [1.29, 1.82) is 0 Å². The van der Waals surface area contributed by atoms with Crippen molar-refractivity contribution in [2.45, 2.75) is 207 Å². The van der Waals surface area contributed by atoms with Crippen molar-refractivity contribution in [3.05, 3.63) is 97.2 Å². The highest BCUT2D eigenvalue weighted by Crippen LogP contribution is 2.13. The van der Waals surface area contributed by atoms with Gasteiger partial charge in [-0.2, -0.15) is 0 Å². The van der Waals surface area contributed by atoms with Crippen LogP contribution in [0.15, 0.2) is 97.2 Å². The van der Waals surface area contributed by atoms with Crippen molar-refractivity contribution in [2.24, 2.45) is 0 Å². The van der Waals surface area contributed by atoms with E-state index in [1.807, 2.05) is 48.6 Å². The van der Waals surface area contributed by atoms with E-state index in [-0.39, 0.29) is 37.5 Å². The molecule has 0 N–H and O–H groups in total. The molecule has 0 radical (unpaired) electrons. The van der Waals surface area contributed by atoms with Crippen LogP contribution in [0.2, 0.25) is 0 Å². The van der Waals surface area contributed by atoms with Crippen LogP contribution in [-0.2, 0) is 28.6 Å². The first-order valence-corrected chi connectivity index (χ1v) is 23.8. The van der Waals surface area contributed by atoms with E-state index >= 15 is 0 Å². The predicted molar refractivity (Wildman–Crippen MR) is 251 cm³/mol. The molecule has 0 aliphatic rings. The summed E-state index contributed by atoms with van der Waals surface area (Å²) in [6.07, 6.45) is 61.0. The van der Waals surface area contributed by atoms with Crippen molar-refractivity contribution in [3.63, 3.8) is 0 Å². The molecule has 6 nitrogen and oxygen atoms in total. The number of hydrogen-bond donors (Lipinski definition) is 0. The van der Waals surface area contributed by atoms with Crippen LogP contribution in [0.25, 0.3) is 0 Å². The Bertz CT molecular complexity index is 1220. The number of ether oxygens (including phenoxy) is 3. The van der Waals surface area contributed by atoms with Gasteiger partial charge in [-0.1, -0.05) is 208 Å². The number of carbonyl (C=O) groups excluding carboxylic acids is 3. The molecule has 334 valence electrons. The fourth-order valence-corrected chi connectivity index (χ4v) is 6.18. The van der Waals surface area contributed by atoms with Crippen LogP contribution < -0.4 is 0 Å². The molecular formula is C53H86O6. The molecule has 0 fully saturated rings. The molecule has 1 atom stereocenters. The Hall–Kier alpha value is -3.67. The Balaban J connectivity index is 4.48. The third-order valence-corrected chi connectivity index (χ3v) is 9.71. The van der Waals surface area contributed by atoms with Gasteiger partial charge in [0.2, 0.25) is 0 Å². The normalized spacial score (nSPS) is 12.9. The third kappa shape index (κ3) is 45.3. The van der Waals surface area contributed by atoms with Crippen LogP contribution in [0, 0.1) is 0 Å². The van der Waals surface area contributed by atoms with Gasteiger partial charge < -0.3 is 14.2 Å². The summed E-state index contributed by atoms with van der Waals surface area (Å²) in [4.78, 5) is 37.8. The first-order chi connectivity index (χ1) is 29.0. The second-order valence-corrected chi connectivity index (χ2v) is 15.4. The zero-order valence-electron chi connectivity index (χ0n) is 38.0. The van der Waals surface area contributed by atoms with E-state index in [1.165, 1.54) is 57.8 Å².